The molecule has 2 nitrogen and oxygen atoms in total. The summed E-state index contributed by atoms with van der Waals surface area (Å²) < 4.78 is 0. The third-order valence-corrected chi connectivity index (χ3v) is 5.17. The summed E-state index contributed by atoms with van der Waals surface area (Å²) in [5, 5.41) is 8.20. The molecule has 0 amide bonds. The van der Waals surface area contributed by atoms with Gasteiger partial charge in [0.2, 0.25) is 0 Å². The van der Waals surface area contributed by atoms with Crippen molar-refractivity contribution in [3.63, 3.8) is 0 Å². The third kappa shape index (κ3) is 3.64. The van der Waals surface area contributed by atoms with E-state index in [2.05, 4.69) is 24.5 Å². The van der Waals surface area contributed by atoms with E-state index in [9.17, 15) is 0 Å². The summed E-state index contributed by atoms with van der Waals surface area (Å²) in [6.07, 6.45) is 3.80. The minimum Gasteiger partial charge on any atom is -0.359 e. The Balaban J connectivity index is 1.97. The zero-order chi connectivity index (χ0) is 14.7. The lowest BCUT2D eigenvalue weighted by molar-refractivity contribution is 0.225. The molecule has 0 saturated heterocycles. The van der Waals surface area contributed by atoms with Crippen LogP contribution in [0.3, 0.4) is 0 Å². The van der Waals surface area contributed by atoms with Crippen molar-refractivity contribution >= 4 is 34.6 Å². The summed E-state index contributed by atoms with van der Waals surface area (Å²) in [5.74, 6) is 1.42. The number of benzene rings is 1. The normalized spacial score (nSPS) is 26.1. The van der Waals surface area contributed by atoms with E-state index < -0.39 is 0 Å². The zero-order valence-corrected chi connectivity index (χ0v) is 13.9. The molecule has 1 fully saturated rings. The second-order valence-electron chi connectivity index (χ2n) is 5.88. The van der Waals surface area contributed by atoms with Crippen LogP contribution < -0.4 is 10.6 Å². The Hall–Kier alpha value is -0.800. The van der Waals surface area contributed by atoms with E-state index in [1.54, 1.807) is 0 Å². The standard InChI is InChI=1S/C16H23ClN2S/c1-10-6-4-8-14(11(10)2)18-16(20)19-15-9-5-7-13(17)12(15)3/h5,7,9-11,14H,4,6,8H2,1-3H3,(H2,18,19,20)/t10-,11+,14+/m1/s1. The van der Waals surface area contributed by atoms with Crippen LogP contribution in [0, 0.1) is 18.8 Å². The molecule has 4 heteroatoms. The summed E-state index contributed by atoms with van der Waals surface area (Å²) in [4.78, 5) is 0. The molecule has 0 bridgehead atoms. The van der Waals surface area contributed by atoms with Crippen LogP contribution >= 0.6 is 23.8 Å². The Kier molecular flexibility index (Phi) is 5.28. The third-order valence-electron chi connectivity index (χ3n) is 4.54. The van der Waals surface area contributed by atoms with Gasteiger partial charge in [0.25, 0.3) is 0 Å². The van der Waals surface area contributed by atoms with Gasteiger partial charge in [-0.1, -0.05) is 44.4 Å². The first kappa shape index (κ1) is 15.6. The Morgan fingerprint density at radius 1 is 1.30 bits per heavy atom. The van der Waals surface area contributed by atoms with Crippen LogP contribution in [0.1, 0.15) is 38.7 Å². The van der Waals surface area contributed by atoms with Gasteiger partial charge in [-0.3, -0.25) is 0 Å². The maximum Gasteiger partial charge on any atom is 0.171 e. The fraction of sp³-hybridized carbons (Fsp3) is 0.562. The lowest BCUT2D eigenvalue weighted by atomic mass is 9.78. The van der Waals surface area contributed by atoms with Crippen LogP contribution in [0.2, 0.25) is 5.02 Å². The van der Waals surface area contributed by atoms with Gasteiger partial charge < -0.3 is 10.6 Å². The smallest absolute Gasteiger partial charge is 0.171 e. The summed E-state index contributed by atoms with van der Waals surface area (Å²) in [7, 11) is 0. The number of thiocarbonyl (C=S) groups is 1. The number of halogens is 1. The Labute approximate surface area is 132 Å². The topological polar surface area (TPSA) is 24.1 Å². The van der Waals surface area contributed by atoms with Crippen molar-refractivity contribution in [3.8, 4) is 0 Å². The van der Waals surface area contributed by atoms with Gasteiger partial charge in [0.05, 0.1) is 0 Å². The predicted molar refractivity (Wildman–Crippen MR) is 91.5 cm³/mol. The van der Waals surface area contributed by atoms with Crippen molar-refractivity contribution in [2.75, 3.05) is 5.32 Å². The predicted octanol–water partition coefficient (Wildman–Crippen LogP) is 4.76. The molecule has 1 aliphatic rings. The maximum atomic E-state index is 6.13. The van der Waals surface area contributed by atoms with E-state index in [-0.39, 0.29) is 0 Å². The molecule has 1 aromatic rings. The van der Waals surface area contributed by atoms with Crippen LogP contribution in [-0.4, -0.2) is 11.2 Å². The molecule has 110 valence electrons. The largest absolute Gasteiger partial charge is 0.359 e. The summed E-state index contributed by atoms with van der Waals surface area (Å²) in [6, 6.07) is 6.30. The molecular formula is C16H23ClN2S. The van der Waals surface area contributed by atoms with Crippen molar-refractivity contribution in [1.29, 1.82) is 0 Å². The van der Waals surface area contributed by atoms with Crippen molar-refractivity contribution in [3.05, 3.63) is 28.8 Å². The van der Waals surface area contributed by atoms with Crippen molar-refractivity contribution in [2.45, 2.75) is 46.1 Å². The van der Waals surface area contributed by atoms with Crippen molar-refractivity contribution in [2.24, 2.45) is 11.8 Å². The quantitative estimate of drug-likeness (QED) is 0.770. The van der Waals surface area contributed by atoms with Gasteiger partial charge in [-0.15, -0.1) is 0 Å². The van der Waals surface area contributed by atoms with E-state index >= 15 is 0 Å². The van der Waals surface area contributed by atoms with Crippen molar-refractivity contribution < 1.29 is 0 Å². The molecule has 1 aliphatic carbocycles. The van der Waals surface area contributed by atoms with Gasteiger partial charge in [-0.05, 0) is 55.1 Å². The van der Waals surface area contributed by atoms with E-state index in [4.69, 9.17) is 23.8 Å². The van der Waals surface area contributed by atoms with Crippen LogP contribution in [0.25, 0.3) is 0 Å². The van der Waals surface area contributed by atoms with E-state index in [0.717, 1.165) is 22.2 Å². The molecule has 0 spiro atoms. The highest BCUT2D eigenvalue weighted by atomic mass is 35.5. The molecule has 1 aromatic carbocycles. The average Bonchev–Trinajstić information content (AvgIpc) is 2.40. The van der Waals surface area contributed by atoms with Crippen LogP contribution in [0.4, 0.5) is 5.69 Å². The summed E-state index contributed by atoms with van der Waals surface area (Å²) >= 11 is 11.6. The highest BCUT2D eigenvalue weighted by Gasteiger charge is 2.27. The lowest BCUT2D eigenvalue weighted by Gasteiger charge is -2.35. The summed E-state index contributed by atoms with van der Waals surface area (Å²) in [6.45, 7) is 6.64. The molecule has 1 saturated carbocycles. The van der Waals surface area contributed by atoms with Gasteiger partial charge in [-0.2, -0.15) is 0 Å². The first-order valence-corrected chi connectivity index (χ1v) is 8.10. The summed E-state index contributed by atoms with van der Waals surface area (Å²) in [5.41, 5.74) is 2.01. The second kappa shape index (κ2) is 6.77. The number of rotatable bonds is 2. The molecule has 3 atom stereocenters. The molecule has 2 rings (SSSR count). The molecule has 0 radical (unpaired) electrons. The molecule has 2 N–H and O–H groups in total. The minimum absolute atomic E-state index is 0.471. The fourth-order valence-electron chi connectivity index (χ4n) is 2.86. The van der Waals surface area contributed by atoms with Crippen LogP contribution in [0.15, 0.2) is 18.2 Å². The Bertz CT molecular complexity index is 489. The molecule has 0 unspecified atom stereocenters. The number of hydrogen-bond acceptors (Lipinski definition) is 1. The minimum atomic E-state index is 0.471. The molecule has 0 aromatic heterocycles. The number of nitrogens with one attached hydrogen (secondary N) is 2. The molecular weight excluding hydrogens is 288 g/mol. The second-order valence-corrected chi connectivity index (χ2v) is 6.70. The number of anilines is 1. The number of hydrogen-bond donors (Lipinski definition) is 2. The Morgan fingerprint density at radius 3 is 2.80 bits per heavy atom. The van der Waals surface area contributed by atoms with Gasteiger partial charge in [-0.25, -0.2) is 0 Å². The molecule has 0 heterocycles. The van der Waals surface area contributed by atoms with Gasteiger partial charge in [0, 0.05) is 16.8 Å². The SMILES string of the molecule is Cc1c(Cl)cccc1NC(=S)N[C@H]1CCC[C@@H](C)[C@@H]1C. The highest BCUT2D eigenvalue weighted by molar-refractivity contribution is 7.80. The van der Waals surface area contributed by atoms with Crippen LogP contribution in [0.5, 0.6) is 0 Å². The average molecular weight is 311 g/mol. The van der Waals surface area contributed by atoms with E-state index in [0.29, 0.717) is 17.1 Å². The van der Waals surface area contributed by atoms with Crippen LogP contribution in [-0.2, 0) is 0 Å². The maximum absolute atomic E-state index is 6.13. The Morgan fingerprint density at radius 2 is 2.05 bits per heavy atom. The molecule has 20 heavy (non-hydrogen) atoms. The van der Waals surface area contributed by atoms with Crippen molar-refractivity contribution in [1.82, 2.24) is 5.32 Å². The fourth-order valence-corrected chi connectivity index (χ4v) is 3.29. The van der Waals surface area contributed by atoms with E-state index in [1.165, 1.54) is 19.3 Å². The van der Waals surface area contributed by atoms with Gasteiger partial charge in [0.1, 0.15) is 0 Å². The van der Waals surface area contributed by atoms with E-state index in [1.807, 2.05) is 25.1 Å². The first-order chi connectivity index (χ1) is 9.49. The highest BCUT2D eigenvalue weighted by Crippen LogP contribution is 2.29. The monoisotopic (exact) mass is 310 g/mol. The zero-order valence-electron chi connectivity index (χ0n) is 12.4. The lowest BCUT2D eigenvalue weighted by Crippen LogP contribution is -2.45. The first-order valence-electron chi connectivity index (χ1n) is 7.31. The van der Waals surface area contributed by atoms with Gasteiger partial charge in [0.15, 0.2) is 5.11 Å². The van der Waals surface area contributed by atoms with Gasteiger partial charge >= 0.3 is 0 Å². The molecule has 0 aliphatic heterocycles.